The van der Waals surface area contributed by atoms with Gasteiger partial charge in [-0.15, -0.1) is 0 Å². The average Bonchev–Trinajstić information content (AvgIpc) is 2.67. The molecule has 0 unspecified atom stereocenters. The van der Waals surface area contributed by atoms with Gasteiger partial charge in [-0.05, 0) is 49.2 Å². The number of amides is 1. The van der Waals surface area contributed by atoms with E-state index in [1.165, 1.54) is 19.1 Å². The lowest BCUT2D eigenvalue weighted by molar-refractivity contribution is -0.139. The molecule has 0 saturated carbocycles. The molecule has 8 heteroatoms. The van der Waals surface area contributed by atoms with Gasteiger partial charge in [0.25, 0.3) is 0 Å². The van der Waals surface area contributed by atoms with Crippen molar-refractivity contribution in [1.29, 1.82) is 0 Å². The lowest BCUT2D eigenvalue weighted by Crippen LogP contribution is -2.50. The molecular weight excluding hydrogens is 425 g/mol. The topological polar surface area (TPSA) is 84.9 Å². The maximum atomic E-state index is 13.4. The molecular formula is C23H25ClFNO5. The van der Waals surface area contributed by atoms with Crippen LogP contribution in [-0.2, 0) is 14.3 Å². The fraction of sp³-hybridized carbons (Fsp3) is 0.391. The van der Waals surface area contributed by atoms with E-state index in [0.29, 0.717) is 29.2 Å². The highest BCUT2D eigenvalue weighted by molar-refractivity contribution is 6.31. The van der Waals surface area contributed by atoms with Gasteiger partial charge in [-0.1, -0.05) is 23.7 Å². The first-order valence-electron chi connectivity index (χ1n) is 9.90. The predicted molar refractivity (Wildman–Crippen MR) is 114 cm³/mol. The number of aryl methyl sites for hydroxylation is 1. The van der Waals surface area contributed by atoms with Crippen LogP contribution in [0.4, 0.5) is 4.39 Å². The zero-order valence-electron chi connectivity index (χ0n) is 17.6. The first-order chi connectivity index (χ1) is 14.6. The number of nitrogens with one attached hydrogen (secondary N) is 1. The molecule has 3 atom stereocenters. The van der Waals surface area contributed by atoms with Crippen LogP contribution in [0, 0.1) is 12.7 Å². The second-order valence-corrected chi connectivity index (χ2v) is 8.54. The standard InChI is InChI=1S/C23H25ClFNO5/c1-13-8-19(30-12-22(28)29)17(9-18(13)24)21-11-23(3,26-14(2)27)10-20(31-21)15-4-6-16(25)7-5-15/h4-9,20-21H,10-12H2,1-3H3,(H,26,27)(H,28,29)/t20-,21+,23-/m0/s1. The monoisotopic (exact) mass is 449 g/mol. The van der Waals surface area contributed by atoms with E-state index in [2.05, 4.69) is 5.32 Å². The predicted octanol–water partition coefficient (Wildman–Crippen LogP) is 4.74. The van der Waals surface area contributed by atoms with Gasteiger partial charge in [-0.25, -0.2) is 9.18 Å². The normalized spacial score (nSPS) is 23.3. The Morgan fingerprint density at radius 2 is 1.90 bits per heavy atom. The number of carbonyl (C=O) groups is 2. The summed E-state index contributed by atoms with van der Waals surface area (Å²) < 4.78 is 25.3. The van der Waals surface area contributed by atoms with E-state index in [4.69, 9.17) is 26.2 Å². The van der Waals surface area contributed by atoms with Crippen molar-refractivity contribution >= 4 is 23.5 Å². The van der Waals surface area contributed by atoms with Gasteiger partial charge in [-0.3, -0.25) is 4.79 Å². The van der Waals surface area contributed by atoms with Crippen molar-refractivity contribution in [2.75, 3.05) is 6.61 Å². The van der Waals surface area contributed by atoms with E-state index < -0.39 is 30.3 Å². The van der Waals surface area contributed by atoms with Crippen LogP contribution < -0.4 is 10.1 Å². The number of carboxylic acid groups (broad SMARTS) is 1. The average molecular weight is 450 g/mol. The minimum Gasteiger partial charge on any atom is -0.482 e. The number of hydrogen-bond donors (Lipinski definition) is 2. The van der Waals surface area contributed by atoms with Crippen LogP contribution in [0.5, 0.6) is 5.75 Å². The Morgan fingerprint density at radius 3 is 2.52 bits per heavy atom. The zero-order chi connectivity index (χ0) is 22.8. The molecule has 0 radical (unpaired) electrons. The number of ether oxygens (including phenoxy) is 2. The second kappa shape index (κ2) is 9.24. The Balaban J connectivity index is 2.01. The van der Waals surface area contributed by atoms with E-state index in [0.717, 1.165) is 11.1 Å². The smallest absolute Gasteiger partial charge is 0.341 e. The Kier molecular flexibility index (Phi) is 6.86. The van der Waals surface area contributed by atoms with E-state index in [9.17, 15) is 14.0 Å². The molecule has 1 aliphatic rings. The van der Waals surface area contributed by atoms with Gasteiger partial charge in [0.2, 0.25) is 5.91 Å². The van der Waals surface area contributed by atoms with Gasteiger partial charge in [0.1, 0.15) is 11.6 Å². The van der Waals surface area contributed by atoms with Crippen LogP contribution >= 0.6 is 11.6 Å². The molecule has 1 heterocycles. The third-order valence-electron chi connectivity index (χ3n) is 5.31. The Morgan fingerprint density at radius 1 is 1.26 bits per heavy atom. The summed E-state index contributed by atoms with van der Waals surface area (Å²) >= 11 is 6.36. The minimum absolute atomic E-state index is 0.176. The van der Waals surface area contributed by atoms with Gasteiger partial charge in [-0.2, -0.15) is 0 Å². The van der Waals surface area contributed by atoms with Crippen LogP contribution in [-0.4, -0.2) is 29.1 Å². The van der Waals surface area contributed by atoms with E-state index >= 15 is 0 Å². The largest absolute Gasteiger partial charge is 0.482 e. The van der Waals surface area contributed by atoms with Crippen molar-refractivity contribution < 1.29 is 28.6 Å². The molecule has 6 nitrogen and oxygen atoms in total. The molecule has 0 aliphatic carbocycles. The van der Waals surface area contributed by atoms with Gasteiger partial charge in [0, 0.05) is 35.9 Å². The number of rotatable bonds is 6. The second-order valence-electron chi connectivity index (χ2n) is 8.14. The summed E-state index contributed by atoms with van der Waals surface area (Å²) in [6.07, 6.45) is -0.0571. The van der Waals surface area contributed by atoms with Crippen molar-refractivity contribution in [2.45, 2.75) is 51.4 Å². The van der Waals surface area contributed by atoms with Crippen LogP contribution in [0.2, 0.25) is 5.02 Å². The summed E-state index contributed by atoms with van der Waals surface area (Å²) in [6.45, 7) is 4.66. The molecule has 31 heavy (non-hydrogen) atoms. The lowest BCUT2D eigenvalue weighted by Gasteiger charge is -2.43. The molecule has 166 valence electrons. The van der Waals surface area contributed by atoms with E-state index in [-0.39, 0.29) is 11.7 Å². The number of halogens is 2. The summed E-state index contributed by atoms with van der Waals surface area (Å²) in [6, 6.07) is 9.42. The molecule has 0 bridgehead atoms. The maximum Gasteiger partial charge on any atom is 0.341 e. The summed E-state index contributed by atoms with van der Waals surface area (Å²) in [4.78, 5) is 22.9. The van der Waals surface area contributed by atoms with Crippen LogP contribution in [0.1, 0.15) is 55.6 Å². The third-order valence-corrected chi connectivity index (χ3v) is 5.72. The zero-order valence-corrected chi connectivity index (χ0v) is 18.3. The van der Waals surface area contributed by atoms with E-state index in [1.54, 1.807) is 31.2 Å². The number of hydrogen-bond acceptors (Lipinski definition) is 4. The number of carbonyl (C=O) groups excluding carboxylic acids is 1. The highest BCUT2D eigenvalue weighted by Crippen LogP contribution is 2.46. The molecule has 1 fully saturated rings. The molecule has 0 spiro atoms. The molecule has 2 aromatic rings. The number of carboxylic acids is 1. The van der Waals surface area contributed by atoms with Gasteiger partial charge in [0.05, 0.1) is 12.2 Å². The highest BCUT2D eigenvalue weighted by Gasteiger charge is 2.41. The number of aliphatic carboxylic acids is 1. The quantitative estimate of drug-likeness (QED) is 0.665. The Hall–Kier alpha value is -2.64. The molecule has 3 rings (SSSR count). The van der Waals surface area contributed by atoms with Crippen molar-refractivity contribution in [3.05, 3.63) is 63.9 Å². The van der Waals surface area contributed by atoms with E-state index in [1.807, 2.05) is 6.92 Å². The van der Waals surface area contributed by atoms with Gasteiger partial charge < -0.3 is 19.9 Å². The molecule has 2 N–H and O–H groups in total. The lowest BCUT2D eigenvalue weighted by atomic mass is 9.81. The summed E-state index contributed by atoms with van der Waals surface area (Å²) in [5, 5.41) is 12.5. The first kappa shape index (κ1) is 23.0. The first-order valence-corrected chi connectivity index (χ1v) is 10.3. The fourth-order valence-corrected chi connectivity index (χ4v) is 4.14. The van der Waals surface area contributed by atoms with Gasteiger partial charge >= 0.3 is 5.97 Å². The van der Waals surface area contributed by atoms with Crippen LogP contribution in [0.3, 0.4) is 0 Å². The summed E-state index contributed by atoms with van der Waals surface area (Å²) in [7, 11) is 0. The van der Waals surface area contributed by atoms with Crippen LogP contribution in [0.15, 0.2) is 36.4 Å². The number of benzene rings is 2. The molecule has 1 aliphatic heterocycles. The van der Waals surface area contributed by atoms with Gasteiger partial charge in [0.15, 0.2) is 6.61 Å². The molecule has 1 amide bonds. The molecule has 1 saturated heterocycles. The Bertz CT molecular complexity index is 981. The highest BCUT2D eigenvalue weighted by atomic mass is 35.5. The van der Waals surface area contributed by atoms with Crippen molar-refractivity contribution in [3.63, 3.8) is 0 Å². The van der Waals surface area contributed by atoms with Crippen molar-refractivity contribution in [2.24, 2.45) is 0 Å². The minimum atomic E-state index is -1.10. The fourth-order valence-electron chi connectivity index (χ4n) is 3.97. The SMILES string of the molecule is CC(=O)N[C@@]1(C)C[C@@H](c2ccc(F)cc2)O[C@@H](c2cc(Cl)c(C)cc2OCC(=O)O)C1. The Labute approximate surface area is 185 Å². The maximum absolute atomic E-state index is 13.4. The summed E-state index contributed by atoms with van der Waals surface area (Å²) in [5.41, 5.74) is 1.49. The molecule has 2 aromatic carbocycles. The van der Waals surface area contributed by atoms with Crippen molar-refractivity contribution in [1.82, 2.24) is 5.32 Å². The van der Waals surface area contributed by atoms with Crippen molar-refractivity contribution in [3.8, 4) is 5.75 Å². The molecule has 0 aromatic heterocycles. The third kappa shape index (κ3) is 5.74. The van der Waals surface area contributed by atoms with Crippen LogP contribution in [0.25, 0.3) is 0 Å². The summed E-state index contributed by atoms with van der Waals surface area (Å²) in [5.74, 6) is -1.27.